The minimum atomic E-state index is -4.78. The lowest BCUT2D eigenvalue weighted by molar-refractivity contribution is -0.275. The van der Waals surface area contributed by atoms with Gasteiger partial charge < -0.3 is 15.5 Å². The summed E-state index contributed by atoms with van der Waals surface area (Å²) in [5.41, 5.74) is -2.78. The summed E-state index contributed by atoms with van der Waals surface area (Å²) in [6.07, 6.45) is -5.35. The van der Waals surface area contributed by atoms with Crippen LogP contribution in [0, 0.1) is 13.8 Å². The van der Waals surface area contributed by atoms with Gasteiger partial charge in [-0.25, -0.2) is 4.39 Å². The number of oxime groups is 1. The number of alkyl halides is 4. The van der Waals surface area contributed by atoms with Gasteiger partial charge in [0.15, 0.2) is 0 Å². The molecular formula is C25H26ClF4N3O3. The molecule has 1 aliphatic heterocycles. The lowest BCUT2D eigenvalue weighted by Gasteiger charge is -2.29. The van der Waals surface area contributed by atoms with Gasteiger partial charge in [0.25, 0.3) is 11.5 Å². The van der Waals surface area contributed by atoms with Crippen LogP contribution in [0.3, 0.4) is 0 Å². The summed E-state index contributed by atoms with van der Waals surface area (Å²) in [4.78, 5) is 29.4. The average molecular weight is 528 g/mol. The number of carbonyl (C=O) groups is 2. The van der Waals surface area contributed by atoms with E-state index < -0.39 is 35.7 Å². The fourth-order valence-electron chi connectivity index (χ4n) is 3.75. The van der Waals surface area contributed by atoms with Crippen molar-refractivity contribution in [3.63, 3.8) is 0 Å². The smallest absolute Gasteiger partial charge is 0.374 e. The third-order valence-corrected chi connectivity index (χ3v) is 5.83. The second-order valence-corrected chi connectivity index (χ2v) is 9.79. The molecule has 0 radical (unpaired) electrons. The van der Waals surface area contributed by atoms with Crippen LogP contribution in [0.2, 0.25) is 5.02 Å². The van der Waals surface area contributed by atoms with Crippen molar-refractivity contribution < 1.29 is 32.0 Å². The van der Waals surface area contributed by atoms with Crippen molar-refractivity contribution in [1.82, 2.24) is 10.6 Å². The van der Waals surface area contributed by atoms with Gasteiger partial charge in [-0.3, -0.25) is 9.59 Å². The standard InChI is InChI=1S/C25H26ClF4N3O3/c1-14-7-17(10-18(26)8-14)24(25(28,29)30)11-20(33-36-24)16-5-6-19(15(2)9-16)22(35)31-12-21(34)32-13-23(3,4)27/h5-10H,11-13H2,1-4H3,(H,31,35)(H,32,34). The van der Waals surface area contributed by atoms with E-state index in [1.54, 1.807) is 19.9 Å². The molecule has 1 atom stereocenters. The Labute approximate surface area is 211 Å². The number of amides is 2. The van der Waals surface area contributed by atoms with Crippen molar-refractivity contribution in [1.29, 1.82) is 0 Å². The Morgan fingerprint density at radius 3 is 2.36 bits per heavy atom. The minimum Gasteiger partial charge on any atom is -0.374 e. The first-order chi connectivity index (χ1) is 16.6. The van der Waals surface area contributed by atoms with Gasteiger partial charge >= 0.3 is 6.18 Å². The van der Waals surface area contributed by atoms with Crippen LogP contribution in [0.15, 0.2) is 41.6 Å². The largest absolute Gasteiger partial charge is 0.435 e. The summed E-state index contributed by atoms with van der Waals surface area (Å²) < 4.78 is 56.2. The molecule has 1 unspecified atom stereocenters. The van der Waals surface area contributed by atoms with E-state index in [1.807, 2.05) is 0 Å². The molecule has 0 saturated heterocycles. The number of nitrogens with one attached hydrogen (secondary N) is 2. The van der Waals surface area contributed by atoms with Crippen LogP contribution in [-0.2, 0) is 15.2 Å². The molecule has 36 heavy (non-hydrogen) atoms. The number of rotatable bonds is 7. The highest BCUT2D eigenvalue weighted by atomic mass is 35.5. The summed E-state index contributed by atoms with van der Waals surface area (Å²) in [7, 11) is 0. The van der Waals surface area contributed by atoms with Gasteiger partial charge in [-0.05, 0) is 68.7 Å². The lowest BCUT2D eigenvalue weighted by Crippen LogP contribution is -2.42. The molecule has 2 N–H and O–H groups in total. The second-order valence-electron chi connectivity index (χ2n) is 9.36. The molecule has 0 bridgehead atoms. The van der Waals surface area contributed by atoms with Gasteiger partial charge in [-0.1, -0.05) is 28.9 Å². The van der Waals surface area contributed by atoms with Gasteiger partial charge in [-0.15, -0.1) is 0 Å². The van der Waals surface area contributed by atoms with Crippen LogP contribution in [0.1, 0.15) is 52.9 Å². The first-order valence-corrected chi connectivity index (χ1v) is 11.4. The molecule has 0 fully saturated rings. The maximum Gasteiger partial charge on any atom is 0.435 e. The van der Waals surface area contributed by atoms with E-state index in [9.17, 15) is 27.2 Å². The molecule has 11 heteroatoms. The molecule has 1 aliphatic rings. The second kappa shape index (κ2) is 10.1. The van der Waals surface area contributed by atoms with E-state index >= 15 is 0 Å². The Kier molecular flexibility index (Phi) is 7.69. The summed E-state index contributed by atoms with van der Waals surface area (Å²) in [5, 5.41) is 8.71. The molecular weight excluding hydrogens is 502 g/mol. The summed E-state index contributed by atoms with van der Waals surface area (Å²) in [5.74, 6) is -1.11. The van der Waals surface area contributed by atoms with Crippen LogP contribution in [0.5, 0.6) is 0 Å². The Hall–Kier alpha value is -3.14. The summed E-state index contributed by atoms with van der Waals surface area (Å²) in [6.45, 7) is 5.31. The SMILES string of the molecule is Cc1cc(Cl)cc(C2(C(F)(F)F)CC(c3ccc(C(=O)NCC(=O)NCC(C)(C)F)c(C)c3)=NO2)c1. The van der Waals surface area contributed by atoms with E-state index in [0.29, 0.717) is 16.7 Å². The zero-order chi connectivity index (χ0) is 26.9. The molecule has 6 nitrogen and oxygen atoms in total. The van der Waals surface area contributed by atoms with Crippen molar-refractivity contribution in [2.24, 2.45) is 5.16 Å². The predicted molar refractivity (Wildman–Crippen MR) is 128 cm³/mol. The van der Waals surface area contributed by atoms with Crippen LogP contribution in [0.25, 0.3) is 0 Å². The molecule has 2 amide bonds. The molecule has 1 heterocycles. The maximum absolute atomic E-state index is 14.2. The first kappa shape index (κ1) is 27.4. The Bertz CT molecular complexity index is 1190. The van der Waals surface area contributed by atoms with Crippen LogP contribution >= 0.6 is 11.6 Å². The van der Waals surface area contributed by atoms with Crippen molar-refractivity contribution >= 4 is 29.1 Å². The highest BCUT2D eigenvalue weighted by molar-refractivity contribution is 6.30. The molecule has 0 spiro atoms. The summed E-state index contributed by atoms with van der Waals surface area (Å²) >= 11 is 6.00. The average Bonchev–Trinajstić information content (AvgIpc) is 3.22. The first-order valence-electron chi connectivity index (χ1n) is 11.1. The van der Waals surface area contributed by atoms with E-state index in [4.69, 9.17) is 16.4 Å². The third kappa shape index (κ3) is 6.16. The molecule has 194 valence electrons. The molecule has 2 aromatic rings. The Morgan fingerprint density at radius 1 is 1.08 bits per heavy atom. The quantitative estimate of drug-likeness (QED) is 0.490. The van der Waals surface area contributed by atoms with E-state index in [-0.39, 0.29) is 35.0 Å². The van der Waals surface area contributed by atoms with Gasteiger partial charge in [-0.2, -0.15) is 13.2 Å². The van der Waals surface area contributed by atoms with Gasteiger partial charge in [0, 0.05) is 22.6 Å². The number of hydrogen-bond donors (Lipinski definition) is 2. The van der Waals surface area contributed by atoms with E-state index in [2.05, 4.69) is 15.8 Å². The van der Waals surface area contributed by atoms with Gasteiger partial charge in [0.05, 0.1) is 18.8 Å². The highest BCUT2D eigenvalue weighted by Gasteiger charge is 2.62. The summed E-state index contributed by atoms with van der Waals surface area (Å²) in [6, 6.07) is 8.54. The maximum atomic E-state index is 14.2. The fraction of sp³-hybridized carbons (Fsp3) is 0.400. The minimum absolute atomic E-state index is 0.0632. The van der Waals surface area contributed by atoms with Gasteiger partial charge in [0.1, 0.15) is 5.67 Å². The lowest BCUT2D eigenvalue weighted by atomic mass is 9.85. The normalized spacial score (nSPS) is 17.9. The van der Waals surface area contributed by atoms with Crippen molar-refractivity contribution in [3.8, 4) is 0 Å². The van der Waals surface area contributed by atoms with Crippen LogP contribution < -0.4 is 10.6 Å². The molecule has 3 rings (SSSR count). The Morgan fingerprint density at radius 2 is 1.78 bits per heavy atom. The van der Waals surface area contributed by atoms with Crippen molar-refractivity contribution in [3.05, 3.63) is 69.2 Å². The number of aryl methyl sites for hydroxylation is 2. The molecule has 0 saturated carbocycles. The third-order valence-electron chi connectivity index (χ3n) is 5.61. The molecule has 0 aromatic heterocycles. The number of benzene rings is 2. The topological polar surface area (TPSA) is 79.8 Å². The van der Waals surface area contributed by atoms with Crippen molar-refractivity contribution in [2.75, 3.05) is 13.1 Å². The van der Waals surface area contributed by atoms with E-state index in [0.717, 1.165) is 0 Å². The number of carbonyl (C=O) groups excluding carboxylic acids is 2. The number of hydrogen-bond acceptors (Lipinski definition) is 4. The monoisotopic (exact) mass is 527 g/mol. The van der Waals surface area contributed by atoms with Gasteiger partial charge in [0.2, 0.25) is 5.91 Å². The zero-order valence-corrected chi connectivity index (χ0v) is 20.9. The molecule has 0 aliphatic carbocycles. The van der Waals surface area contributed by atoms with Crippen molar-refractivity contribution in [2.45, 2.75) is 51.6 Å². The van der Waals surface area contributed by atoms with Crippen LogP contribution in [-0.4, -0.2) is 42.5 Å². The highest BCUT2D eigenvalue weighted by Crippen LogP contribution is 2.49. The Balaban J connectivity index is 1.75. The number of nitrogens with zero attached hydrogens (tertiary/aromatic N) is 1. The zero-order valence-electron chi connectivity index (χ0n) is 20.1. The number of halogens is 5. The predicted octanol–water partition coefficient (Wildman–Crippen LogP) is 5.13. The molecule has 2 aromatic carbocycles. The fourth-order valence-corrected chi connectivity index (χ4v) is 4.04. The van der Waals surface area contributed by atoms with E-state index in [1.165, 1.54) is 44.2 Å². The van der Waals surface area contributed by atoms with Crippen LogP contribution in [0.4, 0.5) is 17.6 Å².